The maximum atomic E-state index is 12.8. The van der Waals surface area contributed by atoms with Gasteiger partial charge in [0.1, 0.15) is 11.4 Å². The topological polar surface area (TPSA) is 26.3 Å². The average Bonchev–Trinajstić information content (AvgIpc) is 2.46. The Morgan fingerprint density at radius 1 is 1.27 bits per heavy atom. The van der Waals surface area contributed by atoms with Gasteiger partial charge in [0.2, 0.25) is 0 Å². The highest BCUT2D eigenvalue weighted by molar-refractivity contribution is 6.00. The number of benzene rings is 1. The van der Waals surface area contributed by atoms with E-state index in [1.807, 2.05) is 0 Å². The standard InChI is InChI=1S/C17H19F3O2/c1-2-11-5-7-16(8-6-11)10-14(21)13-4-3-12(17(18,19)20)9-15(13)22-16/h3-4,9,11H,2,5-8,10H2,1H3. The molecule has 1 aliphatic heterocycles. The molecule has 22 heavy (non-hydrogen) atoms. The fraction of sp³-hybridized carbons (Fsp3) is 0.588. The van der Waals surface area contributed by atoms with Crippen LogP contribution in [0.3, 0.4) is 0 Å². The minimum Gasteiger partial charge on any atom is -0.486 e. The Kier molecular flexibility index (Phi) is 3.69. The molecule has 3 rings (SSSR count). The zero-order valence-corrected chi connectivity index (χ0v) is 12.5. The molecule has 0 amide bonds. The lowest BCUT2D eigenvalue weighted by molar-refractivity contribution is -0.137. The fourth-order valence-electron chi connectivity index (χ4n) is 3.56. The average molecular weight is 312 g/mol. The molecule has 120 valence electrons. The van der Waals surface area contributed by atoms with Crippen LogP contribution in [0.15, 0.2) is 18.2 Å². The SMILES string of the molecule is CCC1CCC2(CC1)CC(=O)c1ccc(C(F)(F)F)cc1O2. The largest absolute Gasteiger partial charge is 0.486 e. The van der Waals surface area contributed by atoms with Gasteiger partial charge in [-0.05, 0) is 49.8 Å². The Balaban J connectivity index is 1.89. The number of hydrogen-bond acceptors (Lipinski definition) is 2. The number of rotatable bonds is 1. The number of Topliss-reactive ketones (excluding diaryl/α,β-unsaturated/α-hetero) is 1. The van der Waals surface area contributed by atoms with Gasteiger partial charge in [0.05, 0.1) is 17.5 Å². The first-order chi connectivity index (χ1) is 10.3. The van der Waals surface area contributed by atoms with Crippen molar-refractivity contribution in [2.75, 3.05) is 0 Å². The van der Waals surface area contributed by atoms with E-state index in [9.17, 15) is 18.0 Å². The molecule has 0 unspecified atom stereocenters. The Hall–Kier alpha value is -1.52. The van der Waals surface area contributed by atoms with Crippen molar-refractivity contribution in [3.05, 3.63) is 29.3 Å². The minimum atomic E-state index is -4.42. The van der Waals surface area contributed by atoms with Crippen LogP contribution < -0.4 is 4.74 Å². The van der Waals surface area contributed by atoms with Crippen LogP contribution in [0.4, 0.5) is 13.2 Å². The van der Waals surface area contributed by atoms with Crippen molar-refractivity contribution in [2.24, 2.45) is 5.92 Å². The van der Waals surface area contributed by atoms with Crippen molar-refractivity contribution >= 4 is 5.78 Å². The first-order valence-corrected chi connectivity index (χ1v) is 7.76. The predicted molar refractivity (Wildman–Crippen MR) is 76.0 cm³/mol. The molecule has 1 heterocycles. The van der Waals surface area contributed by atoms with Gasteiger partial charge in [-0.1, -0.05) is 13.3 Å². The molecular formula is C17H19F3O2. The summed E-state index contributed by atoms with van der Waals surface area (Å²) in [6, 6.07) is 3.16. The van der Waals surface area contributed by atoms with Gasteiger partial charge >= 0.3 is 6.18 Å². The van der Waals surface area contributed by atoms with Crippen LogP contribution >= 0.6 is 0 Å². The lowest BCUT2D eigenvalue weighted by Crippen LogP contribution is -2.45. The Morgan fingerprint density at radius 3 is 2.55 bits per heavy atom. The molecule has 0 aromatic heterocycles. The van der Waals surface area contributed by atoms with Gasteiger partial charge in [-0.2, -0.15) is 13.2 Å². The summed E-state index contributed by atoms with van der Waals surface area (Å²) in [4.78, 5) is 12.3. The van der Waals surface area contributed by atoms with Gasteiger partial charge in [0, 0.05) is 0 Å². The van der Waals surface area contributed by atoms with Gasteiger partial charge in [-0.25, -0.2) is 0 Å². The second kappa shape index (κ2) is 5.28. The third kappa shape index (κ3) is 2.73. The summed E-state index contributed by atoms with van der Waals surface area (Å²) < 4.78 is 44.5. The van der Waals surface area contributed by atoms with E-state index in [2.05, 4.69) is 6.92 Å². The second-order valence-electron chi connectivity index (χ2n) is 6.45. The Labute approximate surface area is 127 Å². The molecule has 1 fully saturated rings. The van der Waals surface area contributed by atoms with Crippen LogP contribution in [-0.2, 0) is 6.18 Å². The van der Waals surface area contributed by atoms with E-state index in [1.165, 1.54) is 6.07 Å². The minimum absolute atomic E-state index is 0.0982. The van der Waals surface area contributed by atoms with E-state index in [1.54, 1.807) is 0 Å². The van der Waals surface area contributed by atoms with Gasteiger partial charge in [0.15, 0.2) is 5.78 Å². The summed E-state index contributed by atoms with van der Waals surface area (Å²) in [5, 5.41) is 0. The molecule has 1 spiro atoms. The predicted octanol–water partition coefficient (Wildman–Crippen LogP) is 5.01. The smallest absolute Gasteiger partial charge is 0.416 e. The molecule has 2 nitrogen and oxygen atoms in total. The normalized spacial score (nSPS) is 28.4. The molecule has 5 heteroatoms. The fourth-order valence-corrected chi connectivity index (χ4v) is 3.56. The van der Waals surface area contributed by atoms with Crippen LogP contribution in [0.5, 0.6) is 5.75 Å². The van der Waals surface area contributed by atoms with Crippen molar-refractivity contribution in [3.8, 4) is 5.75 Å². The maximum Gasteiger partial charge on any atom is 0.416 e. The van der Waals surface area contributed by atoms with Crippen LogP contribution in [0.1, 0.15) is 61.4 Å². The van der Waals surface area contributed by atoms with Crippen LogP contribution in [-0.4, -0.2) is 11.4 Å². The zero-order valence-electron chi connectivity index (χ0n) is 12.5. The van der Waals surface area contributed by atoms with E-state index in [0.717, 1.165) is 44.2 Å². The van der Waals surface area contributed by atoms with Gasteiger partial charge < -0.3 is 4.74 Å². The number of ether oxygens (including phenoxy) is 1. The third-order valence-electron chi connectivity index (χ3n) is 5.01. The van der Waals surface area contributed by atoms with E-state index >= 15 is 0 Å². The summed E-state index contributed by atoms with van der Waals surface area (Å²) in [7, 11) is 0. The third-order valence-corrected chi connectivity index (χ3v) is 5.01. The van der Waals surface area contributed by atoms with Gasteiger partial charge in [0.25, 0.3) is 0 Å². The highest BCUT2D eigenvalue weighted by atomic mass is 19.4. The summed E-state index contributed by atoms with van der Waals surface area (Å²) >= 11 is 0. The Morgan fingerprint density at radius 2 is 1.95 bits per heavy atom. The first-order valence-electron chi connectivity index (χ1n) is 7.76. The van der Waals surface area contributed by atoms with E-state index in [4.69, 9.17) is 4.74 Å². The lowest BCUT2D eigenvalue weighted by atomic mass is 9.74. The van der Waals surface area contributed by atoms with Crippen LogP contribution in [0.25, 0.3) is 0 Å². The van der Waals surface area contributed by atoms with E-state index < -0.39 is 17.3 Å². The summed E-state index contributed by atoms with van der Waals surface area (Å²) in [5.74, 6) is 0.623. The second-order valence-corrected chi connectivity index (χ2v) is 6.45. The number of fused-ring (bicyclic) bond motifs is 1. The van der Waals surface area contributed by atoms with Crippen molar-refractivity contribution < 1.29 is 22.7 Å². The maximum absolute atomic E-state index is 12.8. The summed E-state index contributed by atoms with van der Waals surface area (Å²) in [6.07, 6.45) is 0.378. The molecule has 2 aliphatic rings. The first kappa shape index (κ1) is 15.4. The number of alkyl halides is 3. The van der Waals surface area contributed by atoms with Crippen molar-refractivity contribution in [1.82, 2.24) is 0 Å². The van der Waals surface area contributed by atoms with Crippen molar-refractivity contribution in [2.45, 2.75) is 57.2 Å². The van der Waals surface area contributed by atoms with Crippen molar-refractivity contribution in [1.29, 1.82) is 0 Å². The summed E-state index contributed by atoms with van der Waals surface area (Å²) in [5.41, 5.74) is -1.09. The zero-order chi connectivity index (χ0) is 16.0. The highest BCUT2D eigenvalue weighted by Crippen LogP contribution is 2.45. The molecule has 1 aromatic rings. The number of halogens is 3. The molecule has 0 atom stereocenters. The van der Waals surface area contributed by atoms with Gasteiger partial charge in [-0.3, -0.25) is 4.79 Å². The Bertz CT molecular complexity index is 584. The molecule has 0 saturated heterocycles. The number of carbonyl (C=O) groups is 1. The molecular weight excluding hydrogens is 293 g/mol. The quantitative estimate of drug-likeness (QED) is 0.728. The molecule has 1 aliphatic carbocycles. The molecule has 0 N–H and O–H groups in total. The number of hydrogen-bond donors (Lipinski definition) is 0. The van der Waals surface area contributed by atoms with Gasteiger partial charge in [-0.15, -0.1) is 0 Å². The number of ketones is 1. The monoisotopic (exact) mass is 312 g/mol. The number of carbonyl (C=O) groups excluding carboxylic acids is 1. The van der Waals surface area contributed by atoms with E-state index in [0.29, 0.717) is 5.92 Å². The molecule has 1 aromatic carbocycles. The molecule has 0 bridgehead atoms. The van der Waals surface area contributed by atoms with E-state index in [-0.39, 0.29) is 23.5 Å². The lowest BCUT2D eigenvalue weighted by Gasteiger charge is -2.42. The molecule has 1 saturated carbocycles. The van der Waals surface area contributed by atoms with Crippen molar-refractivity contribution in [3.63, 3.8) is 0 Å². The van der Waals surface area contributed by atoms with Crippen LogP contribution in [0.2, 0.25) is 0 Å². The van der Waals surface area contributed by atoms with Crippen LogP contribution in [0, 0.1) is 5.92 Å². The molecule has 0 radical (unpaired) electrons. The highest BCUT2D eigenvalue weighted by Gasteiger charge is 2.43. The summed E-state index contributed by atoms with van der Waals surface area (Å²) in [6.45, 7) is 2.14.